The molecule has 0 aliphatic carbocycles. The van der Waals surface area contributed by atoms with Crippen LogP contribution in [0, 0.1) is 5.92 Å². The molecule has 0 amide bonds. The predicted octanol–water partition coefficient (Wildman–Crippen LogP) is 1.44. The molecule has 0 saturated carbocycles. The predicted molar refractivity (Wildman–Crippen MR) is 70.6 cm³/mol. The van der Waals surface area contributed by atoms with Gasteiger partial charge < -0.3 is 16.0 Å². The number of piperidine rings is 1. The average molecular weight is 227 g/mol. The summed E-state index contributed by atoms with van der Waals surface area (Å²) in [6, 6.07) is 0. The number of likely N-dealkylation sites (tertiary alicyclic amines) is 1. The minimum Gasteiger partial charge on any atom is -0.326 e. The van der Waals surface area contributed by atoms with Crippen molar-refractivity contribution in [3.8, 4) is 0 Å². The minimum atomic E-state index is -0.0272. The Hall–Kier alpha value is -0.120. The van der Waals surface area contributed by atoms with E-state index < -0.39 is 0 Å². The molecule has 0 radical (unpaired) electrons. The summed E-state index contributed by atoms with van der Waals surface area (Å²) >= 11 is 0. The Morgan fingerprint density at radius 1 is 1.25 bits per heavy atom. The molecule has 1 aliphatic rings. The molecule has 96 valence electrons. The number of nitrogens with two attached hydrogens (primary N) is 1. The van der Waals surface area contributed by atoms with Crippen molar-refractivity contribution in [2.24, 2.45) is 11.7 Å². The van der Waals surface area contributed by atoms with Gasteiger partial charge in [-0.05, 0) is 78.7 Å². The van der Waals surface area contributed by atoms with Crippen LogP contribution in [0.2, 0.25) is 0 Å². The largest absolute Gasteiger partial charge is 0.326 e. The van der Waals surface area contributed by atoms with E-state index in [1.165, 1.54) is 32.4 Å². The fourth-order valence-corrected chi connectivity index (χ4v) is 2.19. The van der Waals surface area contributed by atoms with Gasteiger partial charge in [0.05, 0.1) is 0 Å². The maximum atomic E-state index is 5.93. The first-order valence-corrected chi connectivity index (χ1v) is 6.65. The molecule has 0 atom stereocenters. The molecule has 1 rings (SSSR count). The summed E-state index contributed by atoms with van der Waals surface area (Å²) in [5.41, 5.74) is 5.90. The lowest BCUT2D eigenvalue weighted by Crippen LogP contribution is -2.36. The first kappa shape index (κ1) is 13.9. The topological polar surface area (TPSA) is 41.3 Å². The second-order valence-corrected chi connectivity index (χ2v) is 6.02. The maximum absolute atomic E-state index is 5.93. The van der Waals surface area contributed by atoms with Gasteiger partial charge in [-0.3, -0.25) is 0 Å². The summed E-state index contributed by atoms with van der Waals surface area (Å²) in [6.07, 6.45) is 5.14. The molecular formula is C13H29N3. The van der Waals surface area contributed by atoms with Gasteiger partial charge in [-0.15, -0.1) is 0 Å². The van der Waals surface area contributed by atoms with E-state index in [0.717, 1.165) is 25.4 Å². The third-order valence-corrected chi connectivity index (χ3v) is 3.51. The quantitative estimate of drug-likeness (QED) is 0.675. The van der Waals surface area contributed by atoms with Crippen molar-refractivity contribution in [2.75, 3.05) is 33.2 Å². The van der Waals surface area contributed by atoms with Gasteiger partial charge in [0.25, 0.3) is 0 Å². The van der Waals surface area contributed by atoms with Crippen LogP contribution in [-0.4, -0.2) is 43.7 Å². The molecule has 1 fully saturated rings. The van der Waals surface area contributed by atoms with Crippen LogP contribution < -0.4 is 11.1 Å². The lowest BCUT2D eigenvalue weighted by molar-refractivity contribution is 0.211. The van der Waals surface area contributed by atoms with Gasteiger partial charge in [-0.1, -0.05) is 0 Å². The van der Waals surface area contributed by atoms with Crippen LogP contribution in [0.4, 0.5) is 0 Å². The number of rotatable bonds is 6. The van der Waals surface area contributed by atoms with Crippen LogP contribution in [0.15, 0.2) is 0 Å². The number of hydrogen-bond donors (Lipinski definition) is 2. The number of nitrogens with one attached hydrogen (secondary N) is 1. The summed E-state index contributed by atoms with van der Waals surface area (Å²) in [7, 11) is 2.22. The summed E-state index contributed by atoms with van der Waals surface area (Å²) < 4.78 is 0. The van der Waals surface area contributed by atoms with E-state index in [9.17, 15) is 0 Å². The van der Waals surface area contributed by atoms with Crippen LogP contribution in [-0.2, 0) is 0 Å². The standard InChI is InChI=1S/C13H29N3/c1-13(2,14)7-9-15-8-4-12-5-10-16(3)11-6-12/h12,15H,4-11,14H2,1-3H3. The Labute approximate surface area is 101 Å². The van der Waals surface area contributed by atoms with Crippen LogP contribution in [0.3, 0.4) is 0 Å². The SMILES string of the molecule is CN1CCC(CCNCCC(C)(C)N)CC1. The van der Waals surface area contributed by atoms with Crippen LogP contribution in [0.25, 0.3) is 0 Å². The Balaban J connectivity index is 1.95. The van der Waals surface area contributed by atoms with Gasteiger partial charge in [0.2, 0.25) is 0 Å². The van der Waals surface area contributed by atoms with Gasteiger partial charge in [-0.2, -0.15) is 0 Å². The van der Waals surface area contributed by atoms with Crippen molar-refractivity contribution in [3.05, 3.63) is 0 Å². The zero-order valence-electron chi connectivity index (χ0n) is 11.3. The molecule has 16 heavy (non-hydrogen) atoms. The van der Waals surface area contributed by atoms with E-state index in [4.69, 9.17) is 5.73 Å². The van der Waals surface area contributed by atoms with Crippen molar-refractivity contribution < 1.29 is 0 Å². The molecule has 3 N–H and O–H groups in total. The van der Waals surface area contributed by atoms with Gasteiger partial charge >= 0.3 is 0 Å². The molecular weight excluding hydrogens is 198 g/mol. The van der Waals surface area contributed by atoms with Gasteiger partial charge in [0.15, 0.2) is 0 Å². The van der Waals surface area contributed by atoms with Crippen molar-refractivity contribution in [3.63, 3.8) is 0 Å². The fourth-order valence-electron chi connectivity index (χ4n) is 2.19. The highest BCUT2D eigenvalue weighted by molar-refractivity contribution is 4.74. The first-order valence-electron chi connectivity index (χ1n) is 6.65. The Bertz CT molecular complexity index is 178. The molecule has 0 spiro atoms. The van der Waals surface area contributed by atoms with Crippen molar-refractivity contribution >= 4 is 0 Å². The molecule has 0 aromatic heterocycles. The molecule has 1 heterocycles. The Morgan fingerprint density at radius 3 is 2.44 bits per heavy atom. The second kappa shape index (κ2) is 6.58. The Kier molecular flexibility index (Phi) is 5.73. The highest BCUT2D eigenvalue weighted by Crippen LogP contribution is 2.18. The number of hydrogen-bond acceptors (Lipinski definition) is 3. The van der Waals surface area contributed by atoms with Crippen molar-refractivity contribution in [1.82, 2.24) is 10.2 Å². The van der Waals surface area contributed by atoms with Gasteiger partial charge in [-0.25, -0.2) is 0 Å². The Morgan fingerprint density at radius 2 is 1.88 bits per heavy atom. The van der Waals surface area contributed by atoms with Crippen molar-refractivity contribution in [1.29, 1.82) is 0 Å². The zero-order valence-corrected chi connectivity index (χ0v) is 11.3. The highest BCUT2D eigenvalue weighted by atomic mass is 15.1. The lowest BCUT2D eigenvalue weighted by Gasteiger charge is -2.29. The lowest BCUT2D eigenvalue weighted by atomic mass is 9.94. The van der Waals surface area contributed by atoms with E-state index in [1.54, 1.807) is 0 Å². The molecule has 1 aliphatic heterocycles. The highest BCUT2D eigenvalue weighted by Gasteiger charge is 2.16. The van der Waals surface area contributed by atoms with E-state index >= 15 is 0 Å². The van der Waals surface area contributed by atoms with Crippen molar-refractivity contribution in [2.45, 2.75) is 45.1 Å². The third kappa shape index (κ3) is 6.46. The van der Waals surface area contributed by atoms with E-state index in [-0.39, 0.29) is 5.54 Å². The normalized spacial score (nSPS) is 20.2. The molecule has 0 unspecified atom stereocenters. The fraction of sp³-hybridized carbons (Fsp3) is 1.00. The molecule has 0 bridgehead atoms. The smallest absolute Gasteiger partial charge is 0.0109 e. The molecule has 0 aromatic carbocycles. The maximum Gasteiger partial charge on any atom is 0.0109 e. The average Bonchev–Trinajstić information content (AvgIpc) is 2.19. The second-order valence-electron chi connectivity index (χ2n) is 6.02. The summed E-state index contributed by atoms with van der Waals surface area (Å²) in [6.45, 7) is 8.94. The molecule has 1 saturated heterocycles. The summed E-state index contributed by atoms with van der Waals surface area (Å²) in [5.74, 6) is 0.939. The molecule has 3 nitrogen and oxygen atoms in total. The number of nitrogens with zero attached hydrogens (tertiary/aromatic N) is 1. The minimum absolute atomic E-state index is 0.0272. The van der Waals surface area contributed by atoms with E-state index in [0.29, 0.717) is 0 Å². The van der Waals surface area contributed by atoms with Gasteiger partial charge in [0.1, 0.15) is 0 Å². The van der Waals surface area contributed by atoms with Crippen LogP contribution in [0.5, 0.6) is 0 Å². The van der Waals surface area contributed by atoms with E-state index in [2.05, 4.69) is 31.1 Å². The van der Waals surface area contributed by atoms with Crippen LogP contribution >= 0.6 is 0 Å². The van der Waals surface area contributed by atoms with Gasteiger partial charge in [0, 0.05) is 5.54 Å². The zero-order chi connectivity index (χ0) is 12.0. The summed E-state index contributed by atoms with van der Waals surface area (Å²) in [5, 5.41) is 3.51. The summed E-state index contributed by atoms with van der Waals surface area (Å²) in [4.78, 5) is 2.43. The third-order valence-electron chi connectivity index (χ3n) is 3.51. The van der Waals surface area contributed by atoms with E-state index in [1.807, 2.05) is 0 Å². The molecule has 3 heteroatoms. The monoisotopic (exact) mass is 227 g/mol. The first-order chi connectivity index (χ1) is 7.47. The van der Waals surface area contributed by atoms with Crippen LogP contribution in [0.1, 0.15) is 39.5 Å². The molecule has 0 aromatic rings.